The molecule has 0 radical (unpaired) electrons. The summed E-state index contributed by atoms with van der Waals surface area (Å²) in [5, 5.41) is 9.45. The highest BCUT2D eigenvalue weighted by Gasteiger charge is 2.21. The molecule has 0 saturated heterocycles. The van der Waals surface area contributed by atoms with Gasteiger partial charge >= 0.3 is 0 Å². The average molecular weight is 259 g/mol. The highest BCUT2D eigenvalue weighted by molar-refractivity contribution is 6.03. The zero-order chi connectivity index (χ0) is 13.2. The Balaban J connectivity index is 1.65. The molecule has 98 valence electrons. The Labute approximate surface area is 109 Å². The van der Waals surface area contributed by atoms with Crippen molar-refractivity contribution in [1.29, 1.82) is 0 Å². The van der Waals surface area contributed by atoms with Crippen molar-refractivity contribution in [3.63, 3.8) is 0 Å². The Morgan fingerprint density at radius 1 is 1.37 bits per heavy atom. The zero-order valence-electron chi connectivity index (χ0n) is 10.4. The highest BCUT2D eigenvalue weighted by Crippen LogP contribution is 2.22. The first-order chi connectivity index (χ1) is 9.20. The lowest BCUT2D eigenvalue weighted by molar-refractivity contribution is 0.102. The molecule has 2 aromatic rings. The molecule has 2 N–H and O–H groups in total. The van der Waals surface area contributed by atoms with Crippen molar-refractivity contribution in [2.75, 3.05) is 10.6 Å². The molecule has 7 nitrogen and oxygen atoms in total. The molecule has 3 rings (SSSR count). The molecule has 7 heteroatoms. The smallest absolute Gasteiger partial charge is 0.260 e. The second kappa shape index (κ2) is 4.68. The molecule has 1 aliphatic rings. The monoisotopic (exact) mass is 259 g/mol. The van der Waals surface area contributed by atoms with Gasteiger partial charge in [-0.2, -0.15) is 0 Å². The molecule has 19 heavy (non-hydrogen) atoms. The molecule has 0 aliphatic heterocycles. The van der Waals surface area contributed by atoms with E-state index in [1.165, 1.54) is 12.4 Å². The first kappa shape index (κ1) is 11.6. The quantitative estimate of drug-likeness (QED) is 0.866. The zero-order valence-corrected chi connectivity index (χ0v) is 10.4. The number of carbonyl (C=O) groups is 1. The number of amides is 1. The molecule has 0 unspecified atom stereocenters. The van der Waals surface area contributed by atoms with Crippen LogP contribution in [0.2, 0.25) is 0 Å². The molecule has 0 aromatic carbocycles. The fourth-order valence-electron chi connectivity index (χ4n) is 1.54. The Morgan fingerprint density at radius 2 is 2.11 bits per heavy atom. The summed E-state index contributed by atoms with van der Waals surface area (Å²) in [6.07, 6.45) is 5.27. The fraction of sp³-hybridized carbons (Fsp3) is 0.333. The van der Waals surface area contributed by atoms with Crippen molar-refractivity contribution in [1.82, 2.24) is 15.1 Å². The van der Waals surface area contributed by atoms with Crippen LogP contribution in [0.4, 0.5) is 11.8 Å². The molecular weight excluding hydrogens is 246 g/mol. The van der Waals surface area contributed by atoms with Crippen molar-refractivity contribution >= 4 is 17.7 Å². The molecule has 1 aliphatic carbocycles. The predicted octanol–water partition coefficient (Wildman–Crippen LogP) is 1.60. The Bertz CT molecular complexity index is 588. The number of anilines is 2. The minimum Gasteiger partial charge on any atom is -0.360 e. The van der Waals surface area contributed by atoms with Crippen molar-refractivity contribution in [3.05, 3.63) is 29.8 Å². The molecule has 1 saturated carbocycles. The summed E-state index contributed by atoms with van der Waals surface area (Å²) < 4.78 is 4.87. The number of aromatic nitrogens is 3. The maximum atomic E-state index is 11.9. The number of rotatable bonds is 4. The van der Waals surface area contributed by atoms with Crippen LogP contribution in [-0.2, 0) is 0 Å². The number of nitrogens with one attached hydrogen (secondary N) is 2. The van der Waals surface area contributed by atoms with Crippen LogP contribution in [0.15, 0.2) is 23.0 Å². The Morgan fingerprint density at radius 3 is 2.68 bits per heavy atom. The van der Waals surface area contributed by atoms with E-state index in [1.54, 1.807) is 13.0 Å². The van der Waals surface area contributed by atoms with Gasteiger partial charge in [0.2, 0.25) is 5.95 Å². The van der Waals surface area contributed by atoms with E-state index >= 15 is 0 Å². The number of aryl methyl sites for hydroxylation is 1. The molecule has 0 spiro atoms. The molecular formula is C12H13N5O2. The van der Waals surface area contributed by atoms with Crippen molar-refractivity contribution in [2.24, 2.45) is 0 Å². The van der Waals surface area contributed by atoms with E-state index < -0.39 is 0 Å². The molecule has 2 heterocycles. The van der Waals surface area contributed by atoms with Crippen LogP contribution in [0.3, 0.4) is 0 Å². The Hall–Kier alpha value is -2.44. The molecule has 1 fully saturated rings. The molecule has 1 amide bonds. The van der Waals surface area contributed by atoms with Crippen LogP contribution in [-0.4, -0.2) is 27.1 Å². The van der Waals surface area contributed by atoms with Crippen molar-refractivity contribution < 1.29 is 9.32 Å². The van der Waals surface area contributed by atoms with Gasteiger partial charge in [-0.3, -0.25) is 4.79 Å². The van der Waals surface area contributed by atoms with Gasteiger partial charge in [0.15, 0.2) is 5.82 Å². The Kier molecular flexibility index (Phi) is 2.86. The molecule has 0 atom stereocenters. The minimum absolute atomic E-state index is 0.314. The lowest BCUT2D eigenvalue weighted by Crippen LogP contribution is -2.14. The van der Waals surface area contributed by atoms with E-state index in [9.17, 15) is 4.79 Å². The first-order valence-corrected chi connectivity index (χ1v) is 6.04. The van der Waals surface area contributed by atoms with Crippen LogP contribution in [0, 0.1) is 6.92 Å². The van der Waals surface area contributed by atoms with Gasteiger partial charge in [0, 0.05) is 24.5 Å². The largest absolute Gasteiger partial charge is 0.360 e. The van der Waals surface area contributed by atoms with Crippen LogP contribution in [0.5, 0.6) is 0 Å². The summed E-state index contributed by atoms with van der Waals surface area (Å²) in [7, 11) is 0. The second-order valence-corrected chi connectivity index (χ2v) is 4.49. The SMILES string of the molecule is Cc1cc(NC(=O)c2cnc(NC3CC3)nc2)no1. The third-order valence-corrected chi connectivity index (χ3v) is 2.69. The molecule has 2 aromatic heterocycles. The maximum absolute atomic E-state index is 11.9. The lowest BCUT2D eigenvalue weighted by Gasteiger charge is -2.03. The van der Waals surface area contributed by atoms with Gasteiger partial charge in [0.05, 0.1) is 5.56 Å². The van der Waals surface area contributed by atoms with Crippen molar-refractivity contribution in [3.8, 4) is 0 Å². The van der Waals surface area contributed by atoms with Gasteiger partial charge in [0.1, 0.15) is 5.76 Å². The van der Waals surface area contributed by atoms with Crippen LogP contribution in [0.25, 0.3) is 0 Å². The summed E-state index contributed by atoms with van der Waals surface area (Å²) in [5.74, 6) is 1.25. The van der Waals surface area contributed by atoms with Gasteiger partial charge < -0.3 is 15.2 Å². The van der Waals surface area contributed by atoms with Gasteiger partial charge in [-0.15, -0.1) is 0 Å². The summed E-state index contributed by atoms with van der Waals surface area (Å²) in [6, 6.07) is 2.12. The maximum Gasteiger partial charge on any atom is 0.260 e. The van der Waals surface area contributed by atoms with E-state index in [2.05, 4.69) is 25.8 Å². The van der Waals surface area contributed by atoms with E-state index in [1.807, 2.05) is 0 Å². The van der Waals surface area contributed by atoms with Gasteiger partial charge in [-0.1, -0.05) is 5.16 Å². The van der Waals surface area contributed by atoms with Crippen LogP contribution in [0.1, 0.15) is 29.0 Å². The minimum atomic E-state index is -0.314. The highest BCUT2D eigenvalue weighted by atomic mass is 16.5. The number of carbonyl (C=O) groups excluding carboxylic acids is 1. The van der Waals surface area contributed by atoms with Crippen LogP contribution < -0.4 is 10.6 Å². The predicted molar refractivity (Wildman–Crippen MR) is 67.9 cm³/mol. The molecule has 0 bridgehead atoms. The number of hydrogen-bond acceptors (Lipinski definition) is 6. The van der Waals surface area contributed by atoms with Crippen LogP contribution >= 0.6 is 0 Å². The van der Waals surface area contributed by atoms with E-state index in [4.69, 9.17) is 4.52 Å². The van der Waals surface area contributed by atoms with Gasteiger partial charge in [0.25, 0.3) is 5.91 Å². The average Bonchev–Trinajstić information content (AvgIpc) is 3.12. The number of nitrogens with zero attached hydrogens (tertiary/aromatic N) is 3. The first-order valence-electron chi connectivity index (χ1n) is 6.04. The number of hydrogen-bond donors (Lipinski definition) is 2. The van der Waals surface area contributed by atoms with E-state index in [-0.39, 0.29) is 5.91 Å². The van der Waals surface area contributed by atoms with E-state index in [0.29, 0.717) is 29.1 Å². The van der Waals surface area contributed by atoms with Gasteiger partial charge in [-0.25, -0.2) is 9.97 Å². The summed E-state index contributed by atoms with van der Waals surface area (Å²) in [5.41, 5.74) is 0.377. The fourth-order valence-corrected chi connectivity index (χ4v) is 1.54. The lowest BCUT2D eigenvalue weighted by atomic mass is 10.3. The van der Waals surface area contributed by atoms with Gasteiger partial charge in [-0.05, 0) is 19.8 Å². The third kappa shape index (κ3) is 2.87. The summed E-state index contributed by atoms with van der Waals surface area (Å²) in [4.78, 5) is 20.1. The normalized spacial score (nSPS) is 14.2. The second-order valence-electron chi connectivity index (χ2n) is 4.49. The summed E-state index contributed by atoms with van der Waals surface area (Å²) >= 11 is 0. The van der Waals surface area contributed by atoms with Crippen molar-refractivity contribution in [2.45, 2.75) is 25.8 Å². The van der Waals surface area contributed by atoms with E-state index in [0.717, 1.165) is 12.8 Å². The summed E-state index contributed by atoms with van der Waals surface area (Å²) in [6.45, 7) is 1.75. The third-order valence-electron chi connectivity index (χ3n) is 2.69. The topological polar surface area (TPSA) is 92.9 Å². The standard InChI is InChI=1S/C12H13N5O2/c1-7-4-10(17-19-7)16-11(18)8-5-13-12(14-6-8)15-9-2-3-9/h4-6,9H,2-3H2,1H3,(H,13,14,15)(H,16,17,18).